The lowest BCUT2D eigenvalue weighted by atomic mass is 9.92. The Labute approximate surface area is 126 Å². The highest BCUT2D eigenvalue weighted by atomic mass is 19.4. The lowest BCUT2D eigenvalue weighted by molar-refractivity contribution is -0.143. The van der Waals surface area contributed by atoms with Gasteiger partial charge in [-0.2, -0.15) is 26.3 Å². The number of hydrogen-bond acceptors (Lipinski definition) is 3. The van der Waals surface area contributed by atoms with Crippen molar-refractivity contribution < 1.29 is 36.2 Å². The van der Waals surface area contributed by atoms with Crippen LogP contribution in [-0.2, 0) is 17.1 Å². The Bertz CT molecular complexity index is 565. The van der Waals surface area contributed by atoms with Crippen LogP contribution in [0.15, 0.2) is 30.9 Å². The molecule has 0 aliphatic rings. The highest BCUT2D eigenvalue weighted by Gasteiger charge is 2.38. The number of aliphatic hydroxyl groups is 1. The molecule has 4 N–H and O–H groups in total. The lowest BCUT2D eigenvalue weighted by Gasteiger charge is -2.21. The Balaban J connectivity index is 3.45. The highest BCUT2D eigenvalue weighted by molar-refractivity contribution is 5.80. The summed E-state index contributed by atoms with van der Waals surface area (Å²) in [5.41, 5.74) is -2.29. The normalized spacial score (nSPS) is 15.0. The van der Waals surface area contributed by atoms with E-state index in [0.717, 1.165) is 6.08 Å². The first-order valence-corrected chi connectivity index (χ1v) is 6.02. The van der Waals surface area contributed by atoms with Crippen molar-refractivity contribution in [2.45, 2.75) is 18.5 Å². The first kappa shape index (κ1) is 19.0. The molecule has 1 unspecified atom stereocenters. The standard InChI is InChI=1S/C13H12F6N2O2/c1-2-9(11(23)21-20)10(22)6-3-7(12(14,15)16)5-8(4-6)13(17,18)19/h2-5,9-10,22H,1,20H2,(H,21,23)/t9-,10?/m0/s1. The fourth-order valence-electron chi connectivity index (χ4n) is 1.83. The van der Waals surface area contributed by atoms with Gasteiger partial charge in [0, 0.05) is 0 Å². The van der Waals surface area contributed by atoms with Gasteiger partial charge in [0.25, 0.3) is 0 Å². The molecule has 0 aliphatic heterocycles. The zero-order valence-corrected chi connectivity index (χ0v) is 11.4. The van der Waals surface area contributed by atoms with Crippen molar-refractivity contribution in [3.05, 3.63) is 47.5 Å². The number of alkyl halides is 6. The van der Waals surface area contributed by atoms with Gasteiger partial charge < -0.3 is 5.11 Å². The quantitative estimate of drug-likeness (QED) is 0.259. The smallest absolute Gasteiger partial charge is 0.387 e. The maximum Gasteiger partial charge on any atom is 0.416 e. The minimum Gasteiger partial charge on any atom is -0.387 e. The van der Waals surface area contributed by atoms with E-state index >= 15 is 0 Å². The van der Waals surface area contributed by atoms with Crippen LogP contribution < -0.4 is 11.3 Å². The summed E-state index contributed by atoms with van der Waals surface area (Å²) in [5.74, 6) is 2.31. The average Bonchev–Trinajstić information content (AvgIpc) is 2.45. The molecule has 0 fully saturated rings. The van der Waals surface area contributed by atoms with E-state index in [9.17, 15) is 36.2 Å². The van der Waals surface area contributed by atoms with Crippen LogP contribution in [0.1, 0.15) is 22.8 Å². The Morgan fingerprint density at radius 3 is 1.87 bits per heavy atom. The van der Waals surface area contributed by atoms with E-state index in [2.05, 4.69) is 6.58 Å². The number of halogens is 6. The highest BCUT2D eigenvalue weighted by Crippen LogP contribution is 2.38. The number of hydrogen-bond donors (Lipinski definition) is 3. The summed E-state index contributed by atoms with van der Waals surface area (Å²) < 4.78 is 76.4. The van der Waals surface area contributed by atoms with Gasteiger partial charge >= 0.3 is 12.4 Å². The van der Waals surface area contributed by atoms with E-state index < -0.39 is 47.0 Å². The summed E-state index contributed by atoms with van der Waals surface area (Å²) in [6.07, 6.45) is -11.2. The second-order valence-corrected chi connectivity index (χ2v) is 4.55. The lowest BCUT2D eigenvalue weighted by Crippen LogP contribution is -2.37. The van der Waals surface area contributed by atoms with Crippen LogP contribution in [0.25, 0.3) is 0 Å². The van der Waals surface area contributed by atoms with Crippen molar-refractivity contribution in [2.75, 3.05) is 0 Å². The predicted molar refractivity (Wildman–Crippen MR) is 67.4 cm³/mol. The third kappa shape index (κ3) is 4.45. The molecular weight excluding hydrogens is 330 g/mol. The number of benzene rings is 1. The Hall–Kier alpha value is -2.07. The molecule has 1 aromatic carbocycles. The molecule has 2 atom stereocenters. The molecule has 4 nitrogen and oxygen atoms in total. The topological polar surface area (TPSA) is 75.4 Å². The number of amides is 1. The van der Waals surface area contributed by atoms with Crippen molar-refractivity contribution in [1.82, 2.24) is 5.43 Å². The molecule has 0 aromatic heterocycles. The van der Waals surface area contributed by atoms with E-state index in [1.54, 1.807) is 5.43 Å². The summed E-state index contributed by atoms with van der Waals surface area (Å²) in [6, 6.07) is 0.586. The van der Waals surface area contributed by atoms with Gasteiger partial charge in [-0.25, -0.2) is 5.84 Å². The Morgan fingerprint density at radius 1 is 1.13 bits per heavy atom. The van der Waals surface area contributed by atoms with Crippen molar-refractivity contribution in [3.8, 4) is 0 Å². The molecule has 1 aromatic rings. The number of carbonyl (C=O) groups excluding carboxylic acids is 1. The van der Waals surface area contributed by atoms with Gasteiger partial charge in [-0.1, -0.05) is 6.08 Å². The molecule has 0 aliphatic carbocycles. The summed E-state index contributed by atoms with van der Waals surface area (Å²) >= 11 is 0. The molecule has 0 bridgehead atoms. The third-order valence-corrected chi connectivity index (χ3v) is 2.99. The summed E-state index contributed by atoms with van der Waals surface area (Å²) in [4.78, 5) is 11.4. The maximum atomic E-state index is 12.7. The van der Waals surface area contributed by atoms with E-state index in [1.165, 1.54) is 0 Å². The molecule has 0 saturated heterocycles. The number of hydrazine groups is 1. The fraction of sp³-hybridized carbons (Fsp3) is 0.308. The number of nitrogens with two attached hydrogens (primary N) is 1. The molecule has 1 amide bonds. The minimum absolute atomic E-state index is 0.0812. The second-order valence-electron chi connectivity index (χ2n) is 4.55. The van der Waals surface area contributed by atoms with Crippen LogP contribution in [-0.4, -0.2) is 11.0 Å². The molecule has 10 heteroatoms. The Morgan fingerprint density at radius 2 is 1.57 bits per heavy atom. The minimum atomic E-state index is -5.06. The maximum absolute atomic E-state index is 12.7. The van der Waals surface area contributed by atoms with Crippen LogP contribution in [0, 0.1) is 5.92 Å². The molecule has 1 rings (SSSR count). The molecule has 0 saturated carbocycles. The van der Waals surface area contributed by atoms with Crippen molar-refractivity contribution in [1.29, 1.82) is 0 Å². The van der Waals surface area contributed by atoms with Crippen molar-refractivity contribution in [3.63, 3.8) is 0 Å². The number of nitrogens with one attached hydrogen (secondary N) is 1. The number of rotatable bonds is 4. The SMILES string of the molecule is C=C[C@H](C(=O)NN)C(O)c1cc(C(F)(F)F)cc(C(F)(F)F)c1. The molecular formula is C13H12F6N2O2. The van der Waals surface area contributed by atoms with E-state index in [1.807, 2.05) is 0 Å². The third-order valence-electron chi connectivity index (χ3n) is 2.99. The molecule has 0 spiro atoms. The monoisotopic (exact) mass is 342 g/mol. The van der Waals surface area contributed by atoms with Gasteiger partial charge in [0.1, 0.15) is 0 Å². The van der Waals surface area contributed by atoms with Gasteiger partial charge in [-0.05, 0) is 23.8 Å². The van der Waals surface area contributed by atoms with Gasteiger partial charge in [-0.15, -0.1) is 6.58 Å². The Kier molecular flexibility index (Phi) is 5.43. The van der Waals surface area contributed by atoms with Gasteiger partial charge in [-0.3, -0.25) is 10.2 Å². The van der Waals surface area contributed by atoms with Gasteiger partial charge in [0.15, 0.2) is 0 Å². The molecule has 0 heterocycles. The van der Waals surface area contributed by atoms with Gasteiger partial charge in [0.05, 0.1) is 23.1 Å². The van der Waals surface area contributed by atoms with Crippen molar-refractivity contribution >= 4 is 5.91 Å². The summed E-state index contributed by atoms with van der Waals surface area (Å²) in [7, 11) is 0. The van der Waals surface area contributed by atoms with Crippen LogP contribution >= 0.6 is 0 Å². The zero-order chi connectivity index (χ0) is 18.0. The van der Waals surface area contributed by atoms with Crippen molar-refractivity contribution in [2.24, 2.45) is 11.8 Å². The van der Waals surface area contributed by atoms with Crippen LogP contribution in [0.5, 0.6) is 0 Å². The zero-order valence-electron chi connectivity index (χ0n) is 11.4. The largest absolute Gasteiger partial charge is 0.416 e. The van der Waals surface area contributed by atoms with Crippen LogP contribution in [0.2, 0.25) is 0 Å². The second kappa shape index (κ2) is 6.59. The number of carbonyl (C=O) groups is 1. The molecule has 128 valence electrons. The summed E-state index contributed by atoms with van der Waals surface area (Å²) in [6.45, 7) is 3.20. The van der Waals surface area contributed by atoms with Crippen LogP contribution in [0.3, 0.4) is 0 Å². The molecule has 0 radical (unpaired) electrons. The predicted octanol–water partition coefficient (Wildman–Crippen LogP) is 2.55. The first-order valence-electron chi connectivity index (χ1n) is 6.02. The summed E-state index contributed by atoms with van der Waals surface area (Å²) in [5, 5.41) is 9.94. The average molecular weight is 342 g/mol. The number of aliphatic hydroxyl groups excluding tert-OH is 1. The first-order chi connectivity index (χ1) is 10.4. The molecule has 23 heavy (non-hydrogen) atoms. The van der Waals surface area contributed by atoms with E-state index in [0.29, 0.717) is 12.1 Å². The fourth-order valence-corrected chi connectivity index (χ4v) is 1.83. The van der Waals surface area contributed by atoms with Crippen LogP contribution in [0.4, 0.5) is 26.3 Å². The van der Waals surface area contributed by atoms with E-state index in [4.69, 9.17) is 5.84 Å². The van der Waals surface area contributed by atoms with Gasteiger partial charge in [0.2, 0.25) is 5.91 Å². The van der Waals surface area contributed by atoms with E-state index in [-0.39, 0.29) is 6.07 Å².